The predicted molar refractivity (Wildman–Crippen MR) is 59.1 cm³/mol. The van der Waals surface area contributed by atoms with Gasteiger partial charge in [0.25, 0.3) is 0 Å². The number of nitrogens with one attached hydrogen (secondary N) is 1. The highest BCUT2D eigenvalue weighted by Crippen LogP contribution is 2.24. The fraction of sp³-hybridized carbons (Fsp3) is 0.600. The van der Waals surface area contributed by atoms with Gasteiger partial charge < -0.3 is 14.8 Å². The Morgan fingerprint density at radius 2 is 2.29 bits per heavy atom. The van der Waals surface area contributed by atoms with E-state index in [0.29, 0.717) is 6.54 Å². The third-order valence-corrected chi connectivity index (χ3v) is 2.53. The van der Waals surface area contributed by atoms with Gasteiger partial charge in [-0.3, -0.25) is 0 Å². The molecule has 0 aliphatic heterocycles. The minimum absolute atomic E-state index is 0.0887. The van der Waals surface area contributed by atoms with Gasteiger partial charge in [0.15, 0.2) is 0 Å². The summed E-state index contributed by atoms with van der Waals surface area (Å²) in [6.45, 7) is 6.06. The summed E-state index contributed by atoms with van der Waals surface area (Å²) in [5, 5.41) is 12.7. The van der Waals surface area contributed by atoms with Gasteiger partial charge in [-0.2, -0.15) is 0 Å². The van der Waals surface area contributed by atoms with Crippen LogP contribution in [0.2, 0.25) is 0 Å². The Labute approximate surface area is 92.6 Å². The molecule has 2 N–H and O–H groups in total. The van der Waals surface area contributed by atoms with Gasteiger partial charge in [0, 0.05) is 6.54 Å². The Kier molecular flexibility index (Phi) is 3.75. The van der Waals surface area contributed by atoms with Crippen LogP contribution in [-0.2, 0) is 0 Å². The first kappa shape index (κ1) is 11.8. The van der Waals surface area contributed by atoms with Crippen molar-refractivity contribution in [2.75, 3.05) is 6.54 Å². The van der Waals surface area contributed by atoms with E-state index < -0.39 is 5.60 Å². The lowest BCUT2D eigenvalue weighted by molar-refractivity contribution is 0.0762. The first-order valence-electron chi connectivity index (χ1n) is 4.59. The van der Waals surface area contributed by atoms with Gasteiger partial charge in [-0.05, 0) is 42.8 Å². The predicted octanol–water partition coefficient (Wildman–Crippen LogP) is 2.46. The van der Waals surface area contributed by atoms with Crippen LogP contribution in [0.5, 0.6) is 0 Å². The summed E-state index contributed by atoms with van der Waals surface area (Å²) in [7, 11) is 0. The van der Waals surface area contributed by atoms with E-state index >= 15 is 0 Å². The fourth-order valence-corrected chi connectivity index (χ4v) is 1.65. The van der Waals surface area contributed by atoms with Crippen LogP contribution < -0.4 is 5.32 Å². The molecule has 14 heavy (non-hydrogen) atoms. The van der Waals surface area contributed by atoms with Crippen LogP contribution in [0.4, 0.5) is 0 Å². The fourth-order valence-electron chi connectivity index (χ4n) is 1.11. The normalized spacial score (nSPS) is 14.4. The molecule has 1 aromatic heterocycles. The summed E-state index contributed by atoms with van der Waals surface area (Å²) in [6.07, 6.45) is 1.64. The van der Waals surface area contributed by atoms with E-state index in [9.17, 15) is 5.11 Å². The smallest absolute Gasteiger partial charge is 0.134 e. The molecular formula is C10H16BrNO2. The highest BCUT2D eigenvalue weighted by Gasteiger charge is 2.17. The molecule has 1 aromatic rings. The lowest BCUT2D eigenvalue weighted by atomic mass is 10.1. The molecule has 1 heterocycles. The van der Waals surface area contributed by atoms with Gasteiger partial charge in [-0.1, -0.05) is 0 Å². The molecule has 0 radical (unpaired) electrons. The van der Waals surface area contributed by atoms with Crippen molar-refractivity contribution < 1.29 is 9.52 Å². The maximum Gasteiger partial charge on any atom is 0.134 e. The summed E-state index contributed by atoms with van der Waals surface area (Å²) >= 11 is 3.39. The molecule has 1 atom stereocenters. The average molecular weight is 262 g/mol. The van der Waals surface area contributed by atoms with Gasteiger partial charge in [-0.15, -0.1) is 0 Å². The molecular weight excluding hydrogens is 246 g/mol. The molecule has 3 nitrogen and oxygen atoms in total. The molecule has 0 aromatic carbocycles. The number of furan rings is 1. The second kappa shape index (κ2) is 4.47. The lowest BCUT2D eigenvalue weighted by Crippen LogP contribution is -2.36. The van der Waals surface area contributed by atoms with E-state index in [1.54, 1.807) is 20.1 Å². The molecule has 0 spiro atoms. The average Bonchev–Trinajstić information content (AvgIpc) is 2.46. The number of aliphatic hydroxyl groups is 1. The first-order chi connectivity index (χ1) is 6.40. The molecule has 0 saturated heterocycles. The molecule has 0 saturated carbocycles. The molecule has 1 unspecified atom stereocenters. The van der Waals surface area contributed by atoms with Gasteiger partial charge >= 0.3 is 0 Å². The zero-order chi connectivity index (χ0) is 10.8. The van der Waals surface area contributed by atoms with Crippen molar-refractivity contribution in [1.29, 1.82) is 0 Å². The van der Waals surface area contributed by atoms with Crippen LogP contribution in [-0.4, -0.2) is 17.3 Å². The van der Waals surface area contributed by atoms with Crippen molar-refractivity contribution in [1.82, 2.24) is 5.32 Å². The van der Waals surface area contributed by atoms with Crippen molar-refractivity contribution in [2.24, 2.45) is 0 Å². The molecule has 1 rings (SSSR count). The van der Waals surface area contributed by atoms with Gasteiger partial charge in [-0.25, -0.2) is 0 Å². The number of halogens is 1. The Bertz CT molecular complexity index is 291. The van der Waals surface area contributed by atoms with E-state index in [0.717, 1.165) is 10.2 Å². The molecule has 4 heteroatoms. The number of rotatable bonds is 4. The van der Waals surface area contributed by atoms with Crippen LogP contribution in [0.25, 0.3) is 0 Å². The quantitative estimate of drug-likeness (QED) is 0.876. The van der Waals surface area contributed by atoms with Crippen molar-refractivity contribution in [3.05, 3.63) is 22.6 Å². The van der Waals surface area contributed by atoms with Crippen LogP contribution >= 0.6 is 15.9 Å². The summed E-state index contributed by atoms with van der Waals surface area (Å²) in [4.78, 5) is 0. The summed E-state index contributed by atoms with van der Waals surface area (Å²) < 4.78 is 6.25. The van der Waals surface area contributed by atoms with E-state index in [4.69, 9.17) is 4.42 Å². The van der Waals surface area contributed by atoms with Crippen LogP contribution in [0, 0.1) is 0 Å². The van der Waals surface area contributed by atoms with Crippen LogP contribution in [0.3, 0.4) is 0 Å². The molecule has 0 fully saturated rings. The van der Waals surface area contributed by atoms with Gasteiger partial charge in [0.1, 0.15) is 5.76 Å². The molecule has 0 bridgehead atoms. The van der Waals surface area contributed by atoms with E-state index in [1.165, 1.54) is 0 Å². The van der Waals surface area contributed by atoms with E-state index in [-0.39, 0.29) is 6.04 Å². The van der Waals surface area contributed by atoms with Crippen LogP contribution in [0.15, 0.2) is 21.2 Å². The molecule has 0 amide bonds. The molecule has 0 aliphatic rings. The van der Waals surface area contributed by atoms with Crippen molar-refractivity contribution in [3.8, 4) is 0 Å². The highest BCUT2D eigenvalue weighted by molar-refractivity contribution is 9.10. The van der Waals surface area contributed by atoms with Gasteiger partial charge in [0.2, 0.25) is 0 Å². The van der Waals surface area contributed by atoms with Crippen molar-refractivity contribution in [2.45, 2.75) is 32.4 Å². The Balaban J connectivity index is 2.51. The zero-order valence-electron chi connectivity index (χ0n) is 8.67. The van der Waals surface area contributed by atoms with Crippen molar-refractivity contribution >= 4 is 15.9 Å². The minimum Gasteiger partial charge on any atom is -0.466 e. The first-order valence-corrected chi connectivity index (χ1v) is 5.38. The second-order valence-electron chi connectivity index (χ2n) is 4.05. The summed E-state index contributed by atoms with van der Waals surface area (Å²) in [6, 6.07) is 1.95. The van der Waals surface area contributed by atoms with E-state index in [1.807, 2.05) is 13.0 Å². The highest BCUT2D eigenvalue weighted by atomic mass is 79.9. The Morgan fingerprint density at radius 1 is 1.64 bits per heavy atom. The molecule has 0 aliphatic carbocycles. The largest absolute Gasteiger partial charge is 0.466 e. The monoisotopic (exact) mass is 261 g/mol. The van der Waals surface area contributed by atoms with Crippen LogP contribution in [0.1, 0.15) is 32.6 Å². The standard InChI is InChI=1S/C10H16BrNO2/c1-7(12-6-10(2,3)13)9-8(11)4-5-14-9/h4-5,7,12-13H,6H2,1-3H3. The van der Waals surface area contributed by atoms with Gasteiger partial charge in [0.05, 0.1) is 22.4 Å². The van der Waals surface area contributed by atoms with Crippen molar-refractivity contribution in [3.63, 3.8) is 0 Å². The zero-order valence-corrected chi connectivity index (χ0v) is 10.3. The Hall–Kier alpha value is -0.320. The summed E-state index contributed by atoms with van der Waals surface area (Å²) in [5.41, 5.74) is -0.701. The van der Waals surface area contributed by atoms with E-state index in [2.05, 4.69) is 21.2 Å². The second-order valence-corrected chi connectivity index (χ2v) is 4.90. The maximum absolute atomic E-state index is 9.53. The molecule has 80 valence electrons. The minimum atomic E-state index is -0.701. The third-order valence-electron chi connectivity index (χ3n) is 1.88. The topological polar surface area (TPSA) is 45.4 Å². The number of hydrogen-bond donors (Lipinski definition) is 2. The number of hydrogen-bond acceptors (Lipinski definition) is 3. The SMILES string of the molecule is CC(NCC(C)(C)O)c1occc1Br. The Morgan fingerprint density at radius 3 is 2.71 bits per heavy atom. The third kappa shape index (κ3) is 3.44. The lowest BCUT2D eigenvalue weighted by Gasteiger charge is -2.20. The maximum atomic E-state index is 9.53. The summed E-state index contributed by atoms with van der Waals surface area (Å²) in [5.74, 6) is 0.856.